The van der Waals surface area contributed by atoms with Crippen LogP contribution in [0.3, 0.4) is 0 Å². The van der Waals surface area contributed by atoms with E-state index in [0.29, 0.717) is 5.02 Å². The molecule has 0 radical (unpaired) electrons. The lowest BCUT2D eigenvalue weighted by atomic mass is 10.4. The van der Waals surface area contributed by atoms with Gasteiger partial charge in [-0.25, -0.2) is 0 Å². The second-order valence-corrected chi connectivity index (χ2v) is 2.95. The highest BCUT2D eigenvalue weighted by Crippen LogP contribution is 2.25. The molecule has 0 bridgehead atoms. The molecule has 0 amide bonds. The summed E-state index contributed by atoms with van der Waals surface area (Å²) in [5.74, 6) is 0. The highest BCUT2D eigenvalue weighted by atomic mass is 35.5. The molecular formula is C6H5ClS2. The van der Waals surface area contributed by atoms with Crippen molar-refractivity contribution in [3.8, 4) is 0 Å². The third-order valence-corrected chi connectivity index (χ3v) is 2.37. The van der Waals surface area contributed by atoms with Gasteiger partial charge in [0, 0.05) is 9.79 Å². The van der Waals surface area contributed by atoms with E-state index in [1.807, 2.05) is 18.2 Å². The Morgan fingerprint density at radius 1 is 1.11 bits per heavy atom. The van der Waals surface area contributed by atoms with Crippen LogP contribution in [-0.2, 0) is 0 Å². The Labute approximate surface area is 70.0 Å². The third kappa shape index (κ3) is 1.57. The lowest BCUT2D eigenvalue weighted by Gasteiger charge is -1.96. The molecule has 0 unspecified atom stereocenters. The summed E-state index contributed by atoms with van der Waals surface area (Å²) in [6.07, 6.45) is 0. The van der Waals surface area contributed by atoms with E-state index in [1.54, 1.807) is 0 Å². The molecule has 48 valence electrons. The normalized spacial score (nSPS) is 9.67. The zero-order chi connectivity index (χ0) is 6.85. The van der Waals surface area contributed by atoms with E-state index >= 15 is 0 Å². The lowest BCUT2D eigenvalue weighted by molar-refractivity contribution is 1.35. The molecule has 1 rings (SSSR count). The first kappa shape index (κ1) is 7.32. The van der Waals surface area contributed by atoms with E-state index in [9.17, 15) is 0 Å². The van der Waals surface area contributed by atoms with Crippen LogP contribution < -0.4 is 0 Å². The second kappa shape index (κ2) is 2.86. The summed E-state index contributed by atoms with van der Waals surface area (Å²) >= 11 is 13.9. The lowest BCUT2D eigenvalue weighted by Crippen LogP contribution is -1.70. The van der Waals surface area contributed by atoms with Crippen molar-refractivity contribution in [1.29, 1.82) is 0 Å². The number of hydrogen-bond donors (Lipinski definition) is 2. The zero-order valence-corrected chi connectivity index (χ0v) is 7.05. The standard InChI is InChI=1S/C6H5ClS2/c7-6-4(8)2-1-3-5(6)9/h1-3,8-9H. The maximum absolute atomic E-state index is 5.72. The molecule has 0 saturated heterocycles. The van der Waals surface area contributed by atoms with Gasteiger partial charge in [0.1, 0.15) is 0 Å². The average Bonchev–Trinajstić information content (AvgIpc) is 1.83. The first-order valence-electron chi connectivity index (χ1n) is 2.38. The fourth-order valence-electron chi connectivity index (χ4n) is 0.508. The molecule has 0 saturated carbocycles. The minimum atomic E-state index is 0.615. The summed E-state index contributed by atoms with van der Waals surface area (Å²) in [5, 5.41) is 0.615. The Morgan fingerprint density at radius 2 is 1.56 bits per heavy atom. The van der Waals surface area contributed by atoms with Crippen LogP contribution in [0.15, 0.2) is 28.0 Å². The van der Waals surface area contributed by atoms with Gasteiger partial charge in [0.15, 0.2) is 0 Å². The molecule has 1 aromatic rings. The van der Waals surface area contributed by atoms with Crippen molar-refractivity contribution in [1.82, 2.24) is 0 Å². The number of hydrogen-bond acceptors (Lipinski definition) is 2. The van der Waals surface area contributed by atoms with Crippen molar-refractivity contribution in [2.75, 3.05) is 0 Å². The Balaban J connectivity index is 3.25. The molecule has 0 aliphatic heterocycles. The number of benzene rings is 1. The van der Waals surface area contributed by atoms with Gasteiger partial charge in [0.05, 0.1) is 5.02 Å². The van der Waals surface area contributed by atoms with Gasteiger partial charge >= 0.3 is 0 Å². The van der Waals surface area contributed by atoms with Crippen molar-refractivity contribution in [2.45, 2.75) is 9.79 Å². The highest BCUT2D eigenvalue weighted by Gasteiger charge is 1.96. The van der Waals surface area contributed by atoms with Gasteiger partial charge in [-0.1, -0.05) is 17.7 Å². The topological polar surface area (TPSA) is 0 Å². The van der Waals surface area contributed by atoms with Gasteiger partial charge in [-0.3, -0.25) is 0 Å². The van der Waals surface area contributed by atoms with Crippen molar-refractivity contribution < 1.29 is 0 Å². The Hall–Kier alpha value is 0.210. The molecule has 0 nitrogen and oxygen atoms in total. The van der Waals surface area contributed by atoms with E-state index in [1.165, 1.54) is 0 Å². The maximum atomic E-state index is 5.72. The molecule has 0 aromatic heterocycles. The Kier molecular flexibility index (Phi) is 2.33. The average molecular weight is 177 g/mol. The van der Waals surface area contributed by atoms with Gasteiger partial charge in [0.2, 0.25) is 0 Å². The molecular weight excluding hydrogens is 172 g/mol. The van der Waals surface area contributed by atoms with Crippen LogP contribution in [0.4, 0.5) is 0 Å². The molecule has 0 N–H and O–H groups in total. The summed E-state index contributed by atoms with van der Waals surface area (Å²) in [6.45, 7) is 0. The minimum Gasteiger partial charge on any atom is -0.142 e. The molecule has 1 aromatic carbocycles. The summed E-state index contributed by atoms with van der Waals surface area (Å²) in [5.41, 5.74) is 0. The number of halogens is 1. The molecule has 0 atom stereocenters. The van der Waals surface area contributed by atoms with Crippen molar-refractivity contribution in [3.05, 3.63) is 23.2 Å². The third-order valence-electron chi connectivity index (χ3n) is 0.958. The van der Waals surface area contributed by atoms with E-state index in [-0.39, 0.29) is 0 Å². The monoisotopic (exact) mass is 176 g/mol. The van der Waals surface area contributed by atoms with Crippen LogP contribution in [0.2, 0.25) is 5.02 Å². The first-order valence-corrected chi connectivity index (χ1v) is 3.65. The van der Waals surface area contributed by atoms with E-state index in [2.05, 4.69) is 25.3 Å². The summed E-state index contributed by atoms with van der Waals surface area (Å²) in [7, 11) is 0. The molecule has 0 aliphatic carbocycles. The molecule has 0 fully saturated rings. The van der Waals surface area contributed by atoms with Gasteiger partial charge in [0.25, 0.3) is 0 Å². The predicted molar refractivity (Wildman–Crippen MR) is 46.0 cm³/mol. The molecule has 0 aliphatic rings. The van der Waals surface area contributed by atoms with Crippen molar-refractivity contribution in [3.63, 3.8) is 0 Å². The van der Waals surface area contributed by atoms with Crippen LogP contribution in [0, 0.1) is 0 Å². The quantitative estimate of drug-likeness (QED) is 0.558. The SMILES string of the molecule is Sc1cccc(S)c1Cl. The van der Waals surface area contributed by atoms with Gasteiger partial charge < -0.3 is 0 Å². The first-order chi connectivity index (χ1) is 4.22. The molecule has 9 heavy (non-hydrogen) atoms. The highest BCUT2D eigenvalue weighted by molar-refractivity contribution is 7.81. The van der Waals surface area contributed by atoms with Gasteiger partial charge in [-0.05, 0) is 12.1 Å². The Bertz CT molecular complexity index is 202. The maximum Gasteiger partial charge on any atom is 0.0672 e. The molecule has 3 heteroatoms. The summed E-state index contributed by atoms with van der Waals surface area (Å²) in [6, 6.07) is 5.51. The van der Waals surface area contributed by atoms with Crippen LogP contribution in [0.5, 0.6) is 0 Å². The van der Waals surface area contributed by atoms with Crippen LogP contribution in [0.25, 0.3) is 0 Å². The van der Waals surface area contributed by atoms with Crippen LogP contribution >= 0.6 is 36.9 Å². The smallest absolute Gasteiger partial charge is 0.0672 e. The van der Waals surface area contributed by atoms with Gasteiger partial charge in [-0.2, -0.15) is 0 Å². The summed E-state index contributed by atoms with van der Waals surface area (Å²) in [4.78, 5) is 1.54. The fraction of sp³-hybridized carbons (Fsp3) is 0. The number of thiol groups is 2. The second-order valence-electron chi connectivity index (χ2n) is 1.61. The zero-order valence-electron chi connectivity index (χ0n) is 4.50. The predicted octanol–water partition coefficient (Wildman–Crippen LogP) is 2.92. The van der Waals surface area contributed by atoms with Gasteiger partial charge in [-0.15, -0.1) is 25.3 Å². The minimum absolute atomic E-state index is 0.615. The molecule has 0 heterocycles. The Morgan fingerprint density at radius 3 is 1.89 bits per heavy atom. The van der Waals surface area contributed by atoms with E-state index in [0.717, 1.165) is 9.79 Å². The van der Waals surface area contributed by atoms with E-state index < -0.39 is 0 Å². The summed E-state index contributed by atoms with van der Waals surface area (Å²) < 4.78 is 0. The largest absolute Gasteiger partial charge is 0.142 e. The number of rotatable bonds is 0. The molecule has 0 spiro atoms. The van der Waals surface area contributed by atoms with E-state index in [4.69, 9.17) is 11.6 Å². The van der Waals surface area contributed by atoms with Crippen LogP contribution in [-0.4, -0.2) is 0 Å². The van der Waals surface area contributed by atoms with Crippen molar-refractivity contribution in [2.24, 2.45) is 0 Å². The van der Waals surface area contributed by atoms with Crippen LogP contribution in [0.1, 0.15) is 0 Å². The fourth-order valence-corrected chi connectivity index (χ4v) is 1.14. The van der Waals surface area contributed by atoms with Crippen molar-refractivity contribution >= 4 is 36.9 Å².